The topological polar surface area (TPSA) is 113 Å². The van der Waals surface area contributed by atoms with Gasteiger partial charge in [-0.2, -0.15) is 5.10 Å². The number of aliphatic hydroxyl groups is 1. The van der Waals surface area contributed by atoms with Crippen LogP contribution in [-0.2, 0) is 6.61 Å². The molecule has 1 heterocycles. The van der Waals surface area contributed by atoms with E-state index in [9.17, 15) is 15.0 Å². The Labute approximate surface area is 144 Å². The zero-order valence-corrected chi connectivity index (χ0v) is 14.1. The molecule has 0 unspecified atom stereocenters. The third-order valence-electron chi connectivity index (χ3n) is 3.53. The minimum atomic E-state index is -0.465. The number of carbonyl (C=O) groups is 1. The van der Waals surface area contributed by atoms with Crippen molar-refractivity contribution in [3.05, 3.63) is 46.8 Å². The first-order valence-electron chi connectivity index (χ1n) is 7.35. The molecule has 3 N–H and O–H groups in total. The molecule has 8 nitrogen and oxygen atoms in total. The number of hydrazone groups is 1. The van der Waals surface area contributed by atoms with Crippen molar-refractivity contribution < 1.29 is 24.5 Å². The maximum atomic E-state index is 12.2. The fourth-order valence-electron chi connectivity index (χ4n) is 2.12. The Bertz CT molecular complexity index is 805. The molecule has 0 saturated heterocycles. The first-order valence-corrected chi connectivity index (χ1v) is 7.35. The second kappa shape index (κ2) is 8.11. The molecule has 0 radical (unpaired) electrons. The van der Waals surface area contributed by atoms with Crippen LogP contribution in [0.4, 0.5) is 0 Å². The van der Waals surface area contributed by atoms with Gasteiger partial charge >= 0.3 is 0 Å². The Balaban J connectivity index is 2.18. The van der Waals surface area contributed by atoms with Gasteiger partial charge in [-0.3, -0.25) is 9.78 Å². The van der Waals surface area contributed by atoms with E-state index in [1.54, 1.807) is 19.1 Å². The van der Waals surface area contributed by atoms with Crippen LogP contribution in [0.3, 0.4) is 0 Å². The summed E-state index contributed by atoms with van der Waals surface area (Å²) in [5.41, 5.74) is 3.76. The number of benzene rings is 1. The van der Waals surface area contributed by atoms with Crippen LogP contribution in [0.5, 0.6) is 17.2 Å². The van der Waals surface area contributed by atoms with E-state index in [2.05, 4.69) is 15.5 Å². The predicted molar refractivity (Wildman–Crippen MR) is 91.2 cm³/mol. The zero-order valence-electron chi connectivity index (χ0n) is 14.1. The summed E-state index contributed by atoms with van der Waals surface area (Å²) in [6.45, 7) is 1.31. The van der Waals surface area contributed by atoms with Gasteiger partial charge in [0.05, 0.1) is 32.7 Å². The van der Waals surface area contributed by atoms with Crippen molar-refractivity contribution in [2.45, 2.75) is 13.5 Å². The molecule has 0 atom stereocenters. The molecule has 0 fully saturated rings. The van der Waals surface area contributed by atoms with Crippen molar-refractivity contribution >= 4 is 12.1 Å². The van der Waals surface area contributed by atoms with Crippen molar-refractivity contribution in [1.29, 1.82) is 0 Å². The van der Waals surface area contributed by atoms with Gasteiger partial charge in [0, 0.05) is 22.9 Å². The van der Waals surface area contributed by atoms with Crippen molar-refractivity contribution in [2.24, 2.45) is 5.10 Å². The fourth-order valence-corrected chi connectivity index (χ4v) is 2.12. The van der Waals surface area contributed by atoms with Crippen LogP contribution in [-0.4, -0.2) is 41.5 Å². The Morgan fingerprint density at radius 3 is 2.68 bits per heavy atom. The average Bonchev–Trinajstić information content (AvgIpc) is 2.64. The number of carbonyl (C=O) groups excluding carboxylic acids is 1. The van der Waals surface area contributed by atoms with E-state index >= 15 is 0 Å². The zero-order chi connectivity index (χ0) is 18.4. The quantitative estimate of drug-likeness (QED) is 0.538. The number of aryl methyl sites for hydroxylation is 1. The minimum absolute atomic E-state index is 0.101. The second-order valence-electron chi connectivity index (χ2n) is 5.06. The van der Waals surface area contributed by atoms with Gasteiger partial charge in [-0.15, -0.1) is 0 Å². The van der Waals surface area contributed by atoms with Gasteiger partial charge < -0.3 is 19.7 Å². The molecule has 2 rings (SSSR count). The van der Waals surface area contributed by atoms with E-state index in [0.717, 1.165) is 0 Å². The predicted octanol–water partition coefficient (Wildman–Crippen LogP) is 1.37. The lowest BCUT2D eigenvalue weighted by Crippen LogP contribution is -2.18. The molecule has 1 amide bonds. The molecular weight excluding hydrogens is 326 g/mol. The number of ether oxygens (including phenoxy) is 2. The summed E-state index contributed by atoms with van der Waals surface area (Å²) in [6, 6.07) is 4.70. The Morgan fingerprint density at radius 2 is 2.04 bits per heavy atom. The van der Waals surface area contributed by atoms with E-state index in [1.165, 1.54) is 32.7 Å². The van der Waals surface area contributed by atoms with Crippen LogP contribution in [0, 0.1) is 6.92 Å². The van der Waals surface area contributed by atoms with Crippen LogP contribution in [0.2, 0.25) is 0 Å². The van der Waals surface area contributed by atoms with Gasteiger partial charge in [-0.05, 0) is 25.1 Å². The fraction of sp³-hybridized carbons (Fsp3) is 0.235. The Hall–Kier alpha value is -3.13. The van der Waals surface area contributed by atoms with Gasteiger partial charge in [-0.25, -0.2) is 5.43 Å². The number of pyridine rings is 1. The number of rotatable bonds is 6. The van der Waals surface area contributed by atoms with E-state index in [-0.39, 0.29) is 12.4 Å². The number of aromatic hydroxyl groups is 1. The molecular formula is C17H19N3O5. The molecule has 2 aromatic rings. The second-order valence-corrected chi connectivity index (χ2v) is 5.06. The first-order chi connectivity index (χ1) is 12.0. The highest BCUT2D eigenvalue weighted by Gasteiger charge is 2.11. The van der Waals surface area contributed by atoms with Crippen molar-refractivity contribution in [2.75, 3.05) is 14.2 Å². The highest BCUT2D eigenvalue weighted by atomic mass is 16.5. The number of aromatic nitrogens is 1. The van der Waals surface area contributed by atoms with Crippen LogP contribution in [0.1, 0.15) is 27.2 Å². The van der Waals surface area contributed by atoms with Crippen LogP contribution >= 0.6 is 0 Å². The Kier molecular flexibility index (Phi) is 5.91. The number of nitrogens with one attached hydrogen (secondary N) is 1. The molecule has 1 aromatic heterocycles. The number of amides is 1. The SMILES string of the molecule is COc1ccc(C(=O)NN=Cc2c(CO)cnc(C)c2O)cc1OC. The highest BCUT2D eigenvalue weighted by Crippen LogP contribution is 2.27. The summed E-state index contributed by atoms with van der Waals surface area (Å²) in [5.74, 6) is 0.361. The lowest BCUT2D eigenvalue weighted by molar-refractivity contribution is 0.0954. The molecule has 8 heteroatoms. The van der Waals surface area contributed by atoms with Gasteiger partial charge in [0.2, 0.25) is 0 Å². The lowest BCUT2D eigenvalue weighted by Gasteiger charge is -2.09. The molecule has 0 aliphatic rings. The van der Waals surface area contributed by atoms with Gasteiger partial charge in [0.25, 0.3) is 5.91 Å². The minimum Gasteiger partial charge on any atom is -0.505 e. The molecule has 0 aliphatic heterocycles. The monoisotopic (exact) mass is 345 g/mol. The molecule has 1 aromatic carbocycles. The largest absolute Gasteiger partial charge is 0.505 e. The molecule has 0 bridgehead atoms. The maximum absolute atomic E-state index is 12.2. The Morgan fingerprint density at radius 1 is 1.32 bits per heavy atom. The van der Waals surface area contributed by atoms with Gasteiger partial charge in [0.15, 0.2) is 11.5 Å². The number of nitrogens with zero attached hydrogens (tertiary/aromatic N) is 2. The number of hydrogen-bond acceptors (Lipinski definition) is 7. The number of methoxy groups -OCH3 is 2. The number of hydrogen-bond donors (Lipinski definition) is 3. The third-order valence-corrected chi connectivity index (χ3v) is 3.53. The molecule has 25 heavy (non-hydrogen) atoms. The van der Waals surface area contributed by atoms with Crippen molar-refractivity contribution in [1.82, 2.24) is 10.4 Å². The summed E-state index contributed by atoms with van der Waals surface area (Å²) >= 11 is 0. The summed E-state index contributed by atoms with van der Waals surface area (Å²) < 4.78 is 10.3. The van der Waals surface area contributed by atoms with Gasteiger partial charge in [0.1, 0.15) is 5.75 Å². The molecule has 132 valence electrons. The van der Waals surface area contributed by atoms with Crippen LogP contribution in [0.25, 0.3) is 0 Å². The van der Waals surface area contributed by atoms with E-state index < -0.39 is 5.91 Å². The summed E-state index contributed by atoms with van der Waals surface area (Å²) in [5, 5.41) is 23.1. The van der Waals surface area contributed by atoms with Crippen LogP contribution in [0.15, 0.2) is 29.5 Å². The first kappa shape index (κ1) is 18.2. The highest BCUT2D eigenvalue weighted by molar-refractivity contribution is 5.96. The summed E-state index contributed by atoms with van der Waals surface area (Å²) in [4.78, 5) is 16.1. The van der Waals surface area contributed by atoms with Gasteiger partial charge in [-0.1, -0.05) is 0 Å². The number of aliphatic hydroxyl groups excluding tert-OH is 1. The average molecular weight is 345 g/mol. The molecule has 0 aliphatic carbocycles. The van der Waals surface area contributed by atoms with E-state index in [0.29, 0.717) is 33.9 Å². The summed E-state index contributed by atoms with van der Waals surface area (Å²) in [7, 11) is 2.98. The smallest absolute Gasteiger partial charge is 0.271 e. The maximum Gasteiger partial charge on any atom is 0.271 e. The standard InChI is InChI=1S/C17H19N3O5/c1-10-16(22)13(12(9-21)7-18-10)8-19-20-17(23)11-4-5-14(24-2)15(6-11)25-3/h4-8,21-22H,9H2,1-3H3,(H,20,23). The lowest BCUT2D eigenvalue weighted by atomic mass is 10.1. The normalized spacial score (nSPS) is 10.7. The molecule has 0 spiro atoms. The van der Waals surface area contributed by atoms with E-state index in [4.69, 9.17) is 9.47 Å². The summed E-state index contributed by atoms with van der Waals surface area (Å²) in [6.07, 6.45) is 2.70. The third kappa shape index (κ3) is 4.04. The van der Waals surface area contributed by atoms with Crippen LogP contribution < -0.4 is 14.9 Å². The molecule has 0 saturated carbocycles. The van der Waals surface area contributed by atoms with E-state index in [1.807, 2.05) is 0 Å². The van der Waals surface area contributed by atoms with Crippen molar-refractivity contribution in [3.63, 3.8) is 0 Å². The van der Waals surface area contributed by atoms with Crippen molar-refractivity contribution in [3.8, 4) is 17.2 Å².